The topological polar surface area (TPSA) is 79.4 Å². The van der Waals surface area contributed by atoms with Gasteiger partial charge in [0.25, 0.3) is 0 Å². The number of anilines is 2. The molecule has 1 amide bonds. The number of nitrogens with zero attached hydrogens (tertiary/aromatic N) is 2. The molecule has 2 rings (SSSR count). The molecular formula is C15H16FN3O3S. The molecule has 1 N–H and O–H groups in total. The van der Waals surface area contributed by atoms with E-state index in [1.54, 1.807) is 18.3 Å². The van der Waals surface area contributed by atoms with Gasteiger partial charge in [-0.05, 0) is 37.3 Å². The van der Waals surface area contributed by atoms with Gasteiger partial charge in [0.1, 0.15) is 11.9 Å². The normalized spacial score (nSPS) is 12.5. The number of nitrogens with one attached hydrogen (secondary N) is 1. The number of benzene rings is 1. The summed E-state index contributed by atoms with van der Waals surface area (Å²) >= 11 is 0. The first-order valence-corrected chi connectivity index (χ1v) is 8.60. The minimum absolute atomic E-state index is 0.0846. The van der Waals surface area contributed by atoms with Gasteiger partial charge in [-0.3, -0.25) is 14.1 Å². The van der Waals surface area contributed by atoms with Crippen molar-refractivity contribution in [1.29, 1.82) is 0 Å². The van der Waals surface area contributed by atoms with Gasteiger partial charge in [0.15, 0.2) is 0 Å². The molecule has 8 heteroatoms. The summed E-state index contributed by atoms with van der Waals surface area (Å²) in [5.74, 6) is -1.14. The Hall–Kier alpha value is -2.48. The molecular weight excluding hydrogens is 321 g/mol. The van der Waals surface area contributed by atoms with Crippen LogP contribution in [0.5, 0.6) is 0 Å². The summed E-state index contributed by atoms with van der Waals surface area (Å²) < 4.78 is 38.4. The Labute approximate surface area is 134 Å². The fourth-order valence-corrected chi connectivity index (χ4v) is 3.27. The maximum absolute atomic E-state index is 13.4. The van der Waals surface area contributed by atoms with Gasteiger partial charge in [-0.2, -0.15) is 0 Å². The number of rotatable bonds is 5. The standard InChI is InChI=1S/C15H16FN3O3S/c1-11(15(20)18-13-6-4-8-17-10-13)19(23(2,21)22)14-7-3-5-12(16)9-14/h3-11H,1-2H3,(H,18,20)/t11-/m0/s1. The summed E-state index contributed by atoms with van der Waals surface area (Å²) in [6.45, 7) is 1.43. The predicted octanol–water partition coefficient (Wildman–Crippen LogP) is 2.01. The lowest BCUT2D eigenvalue weighted by Crippen LogP contribution is -2.45. The molecule has 6 nitrogen and oxygen atoms in total. The van der Waals surface area contributed by atoms with Crippen molar-refractivity contribution >= 4 is 27.3 Å². The molecule has 0 aliphatic rings. The zero-order valence-corrected chi connectivity index (χ0v) is 13.4. The Kier molecular flexibility index (Phi) is 4.95. The molecule has 1 aromatic carbocycles. The zero-order valence-electron chi connectivity index (χ0n) is 12.6. The number of carbonyl (C=O) groups is 1. The molecule has 0 unspecified atom stereocenters. The molecule has 0 saturated heterocycles. The number of pyridine rings is 1. The van der Waals surface area contributed by atoms with Gasteiger partial charge in [-0.1, -0.05) is 6.07 Å². The molecule has 1 heterocycles. The first kappa shape index (κ1) is 16.9. The SMILES string of the molecule is C[C@@H](C(=O)Nc1cccnc1)N(c1cccc(F)c1)S(C)(=O)=O. The van der Waals surface area contributed by atoms with E-state index < -0.39 is 27.8 Å². The van der Waals surface area contributed by atoms with E-state index in [1.165, 1.54) is 31.3 Å². The van der Waals surface area contributed by atoms with Crippen molar-refractivity contribution in [2.45, 2.75) is 13.0 Å². The number of hydrogen-bond donors (Lipinski definition) is 1. The Balaban J connectivity index is 2.31. The number of halogens is 1. The number of hydrogen-bond acceptors (Lipinski definition) is 4. The molecule has 23 heavy (non-hydrogen) atoms. The van der Waals surface area contributed by atoms with E-state index in [1.807, 2.05) is 0 Å². The second-order valence-electron chi connectivity index (χ2n) is 4.95. The molecule has 122 valence electrons. The minimum Gasteiger partial charge on any atom is -0.323 e. The summed E-state index contributed by atoms with van der Waals surface area (Å²) in [6.07, 6.45) is 3.96. The van der Waals surface area contributed by atoms with Crippen LogP contribution in [0.15, 0.2) is 48.8 Å². The van der Waals surface area contributed by atoms with Crippen LogP contribution in [0.4, 0.5) is 15.8 Å². The van der Waals surface area contributed by atoms with Gasteiger partial charge in [-0.25, -0.2) is 12.8 Å². The highest BCUT2D eigenvalue weighted by Crippen LogP contribution is 2.22. The summed E-state index contributed by atoms with van der Waals surface area (Å²) in [5, 5.41) is 2.58. The van der Waals surface area contributed by atoms with Crippen LogP contribution in [-0.2, 0) is 14.8 Å². The van der Waals surface area contributed by atoms with Crippen molar-refractivity contribution in [3.63, 3.8) is 0 Å². The first-order chi connectivity index (χ1) is 10.8. The van der Waals surface area contributed by atoms with Crippen LogP contribution in [0.2, 0.25) is 0 Å². The van der Waals surface area contributed by atoms with E-state index in [-0.39, 0.29) is 5.69 Å². The van der Waals surface area contributed by atoms with Crippen LogP contribution in [0.25, 0.3) is 0 Å². The number of sulfonamides is 1. The summed E-state index contributed by atoms with van der Waals surface area (Å²) in [6, 6.07) is 7.28. The maximum Gasteiger partial charge on any atom is 0.248 e. The van der Waals surface area contributed by atoms with Crippen LogP contribution in [-0.4, -0.2) is 31.6 Å². The Morgan fingerprint density at radius 3 is 2.61 bits per heavy atom. The maximum atomic E-state index is 13.4. The molecule has 0 spiro atoms. The molecule has 0 fully saturated rings. The molecule has 1 atom stereocenters. The fourth-order valence-electron chi connectivity index (χ4n) is 2.11. The van der Waals surface area contributed by atoms with Crippen LogP contribution in [0.1, 0.15) is 6.92 Å². The third kappa shape index (κ3) is 4.26. The number of amides is 1. The van der Waals surface area contributed by atoms with Gasteiger partial charge < -0.3 is 5.32 Å². The van der Waals surface area contributed by atoms with Crippen molar-refractivity contribution in [3.8, 4) is 0 Å². The Morgan fingerprint density at radius 2 is 2.04 bits per heavy atom. The Bertz CT molecular complexity index is 797. The highest BCUT2D eigenvalue weighted by Gasteiger charge is 2.29. The average Bonchev–Trinajstić information content (AvgIpc) is 2.47. The summed E-state index contributed by atoms with van der Waals surface area (Å²) in [4.78, 5) is 16.2. The van der Waals surface area contributed by atoms with E-state index >= 15 is 0 Å². The highest BCUT2D eigenvalue weighted by molar-refractivity contribution is 7.92. The minimum atomic E-state index is -3.78. The van der Waals surface area contributed by atoms with Crippen molar-refractivity contribution < 1.29 is 17.6 Å². The quantitative estimate of drug-likeness (QED) is 0.905. The first-order valence-electron chi connectivity index (χ1n) is 6.75. The zero-order chi connectivity index (χ0) is 17.0. The Morgan fingerprint density at radius 1 is 1.30 bits per heavy atom. The van der Waals surface area contributed by atoms with E-state index in [4.69, 9.17) is 0 Å². The second-order valence-corrected chi connectivity index (χ2v) is 6.81. The summed E-state index contributed by atoms with van der Waals surface area (Å²) in [7, 11) is -3.78. The predicted molar refractivity (Wildman–Crippen MR) is 86.1 cm³/mol. The van der Waals surface area contributed by atoms with Crippen LogP contribution < -0.4 is 9.62 Å². The van der Waals surface area contributed by atoms with E-state index in [0.717, 1.165) is 16.6 Å². The van der Waals surface area contributed by atoms with Crippen molar-refractivity contribution in [2.75, 3.05) is 15.9 Å². The van der Waals surface area contributed by atoms with E-state index in [2.05, 4.69) is 10.3 Å². The molecule has 0 aliphatic carbocycles. The third-order valence-corrected chi connectivity index (χ3v) is 4.32. The van der Waals surface area contributed by atoms with Gasteiger partial charge in [0.05, 0.1) is 23.8 Å². The molecule has 0 radical (unpaired) electrons. The highest BCUT2D eigenvalue weighted by atomic mass is 32.2. The lowest BCUT2D eigenvalue weighted by Gasteiger charge is -2.28. The van der Waals surface area contributed by atoms with Crippen molar-refractivity contribution in [1.82, 2.24) is 4.98 Å². The second kappa shape index (κ2) is 6.74. The van der Waals surface area contributed by atoms with Crippen LogP contribution in [0.3, 0.4) is 0 Å². The largest absolute Gasteiger partial charge is 0.323 e. The van der Waals surface area contributed by atoms with Gasteiger partial charge >= 0.3 is 0 Å². The monoisotopic (exact) mass is 337 g/mol. The lowest BCUT2D eigenvalue weighted by molar-refractivity contribution is -0.116. The van der Waals surface area contributed by atoms with Gasteiger partial charge in [0.2, 0.25) is 15.9 Å². The van der Waals surface area contributed by atoms with Gasteiger partial charge in [-0.15, -0.1) is 0 Å². The molecule has 0 bridgehead atoms. The third-order valence-electron chi connectivity index (χ3n) is 3.08. The van der Waals surface area contributed by atoms with Crippen molar-refractivity contribution in [3.05, 3.63) is 54.6 Å². The average molecular weight is 337 g/mol. The molecule has 1 aromatic heterocycles. The van der Waals surface area contributed by atoms with Crippen LogP contribution >= 0.6 is 0 Å². The fraction of sp³-hybridized carbons (Fsp3) is 0.200. The van der Waals surface area contributed by atoms with Gasteiger partial charge in [0, 0.05) is 6.20 Å². The van der Waals surface area contributed by atoms with E-state index in [0.29, 0.717) is 5.69 Å². The molecule has 0 saturated carbocycles. The van der Waals surface area contributed by atoms with Crippen molar-refractivity contribution in [2.24, 2.45) is 0 Å². The number of carbonyl (C=O) groups excluding carboxylic acids is 1. The summed E-state index contributed by atoms with van der Waals surface area (Å²) in [5.41, 5.74) is 0.526. The number of aromatic nitrogens is 1. The van der Waals surface area contributed by atoms with E-state index in [9.17, 15) is 17.6 Å². The molecule has 0 aliphatic heterocycles. The van der Waals surface area contributed by atoms with Crippen LogP contribution in [0, 0.1) is 5.82 Å². The lowest BCUT2D eigenvalue weighted by atomic mass is 10.2. The smallest absolute Gasteiger partial charge is 0.248 e. The molecule has 2 aromatic rings.